The van der Waals surface area contributed by atoms with Gasteiger partial charge in [0, 0.05) is 37.0 Å². The molecular formula is C27H33N7O2. The Morgan fingerprint density at radius 3 is 2.67 bits per heavy atom. The lowest BCUT2D eigenvalue weighted by Crippen LogP contribution is -2.49. The first-order chi connectivity index (χ1) is 17.6. The Morgan fingerprint density at radius 1 is 1.14 bits per heavy atom. The van der Waals surface area contributed by atoms with Crippen LogP contribution in [-0.2, 0) is 30.2 Å². The number of carbonyl (C=O) groups is 1. The summed E-state index contributed by atoms with van der Waals surface area (Å²) in [6, 6.07) is 9.93. The summed E-state index contributed by atoms with van der Waals surface area (Å²) >= 11 is 0. The summed E-state index contributed by atoms with van der Waals surface area (Å²) in [5.41, 5.74) is 3.11. The predicted octanol–water partition coefficient (Wildman–Crippen LogP) is 3.23. The SMILES string of the molecule is Cn1cnnc1CC1(c2cccc(NC(=O)c3cc(CN4CCCCC4)nc(C4CC4)n3)c2)COC1. The van der Waals surface area contributed by atoms with Crippen LogP contribution in [0.3, 0.4) is 0 Å². The molecule has 9 heteroatoms. The fourth-order valence-corrected chi connectivity index (χ4v) is 5.20. The van der Waals surface area contributed by atoms with E-state index >= 15 is 0 Å². The molecule has 0 bridgehead atoms. The van der Waals surface area contributed by atoms with Crippen LogP contribution in [0.2, 0.25) is 0 Å². The highest BCUT2D eigenvalue weighted by molar-refractivity contribution is 6.03. The molecule has 2 saturated heterocycles. The number of aromatic nitrogens is 5. The standard InChI is InChI=1S/C27H33N7O2/c1-33-18-28-32-24(33)14-27(16-36-17-27)20-6-5-7-21(12-20)30-26(35)23-13-22(15-34-10-3-2-4-11-34)29-25(31-23)19-8-9-19/h5-7,12-13,18-19H,2-4,8-11,14-17H2,1H3,(H,30,35). The van der Waals surface area contributed by atoms with Crippen molar-refractivity contribution in [3.63, 3.8) is 0 Å². The van der Waals surface area contributed by atoms with Gasteiger partial charge in [-0.3, -0.25) is 9.69 Å². The van der Waals surface area contributed by atoms with Gasteiger partial charge in [-0.2, -0.15) is 0 Å². The Balaban J connectivity index is 1.21. The van der Waals surface area contributed by atoms with Gasteiger partial charge in [0.15, 0.2) is 0 Å². The lowest BCUT2D eigenvalue weighted by atomic mass is 9.75. The molecule has 1 aliphatic carbocycles. The van der Waals surface area contributed by atoms with Gasteiger partial charge in [-0.25, -0.2) is 9.97 Å². The Morgan fingerprint density at radius 2 is 1.97 bits per heavy atom. The van der Waals surface area contributed by atoms with E-state index in [1.807, 2.05) is 29.8 Å². The van der Waals surface area contributed by atoms with Crippen molar-refractivity contribution in [1.29, 1.82) is 0 Å². The highest BCUT2D eigenvalue weighted by Crippen LogP contribution is 2.38. The molecule has 1 aromatic carbocycles. The monoisotopic (exact) mass is 487 g/mol. The van der Waals surface area contributed by atoms with Crippen LogP contribution in [0.1, 0.15) is 71.4 Å². The second-order valence-corrected chi connectivity index (χ2v) is 10.6. The molecule has 3 aromatic rings. The average Bonchev–Trinajstić information content (AvgIpc) is 3.64. The smallest absolute Gasteiger partial charge is 0.274 e. The van der Waals surface area contributed by atoms with Crippen LogP contribution in [0.25, 0.3) is 0 Å². The number of carbonyl (C=O) groups excluding carboxylic acids is 1. The van der Waals surface area contributed by atoms with E-state index in [9.17, 15) is 4.79 Å². The third kappa shape index (κ3) is 4.90. The summed E-state index contributed by atoms with van der Waals surface area (Å²) in [6.07, 6.45) is 8.42. The van der Waals surface area contributed by atoms with Gasteiger partial charge >= 0.3 is 0 Å². The maximum absolute atomic E-state index is 13.3. The first-order valence-electron chi connectivity index (χ1n) is 13.0. The minimum atomic E-state index is -0.191. The Bertz CT molecular complexity index is 1240. The molecule has 1 amide bonds. The summed E-state index contributed by atoms with van der Waals surface area (Å²) < 4.78 is 7.57. The summed E-state index contributed by atoms with van der Waals surface area (Å²) in [5, 5.41) is 11.4. The lowest BCUT2D eigenvalue weighted by Gasteiger charge is -2.41. The zero-order chi connectivity index (χ0) is 24.5. The number of hydrogen-bond acceptors (Lipinski definition) is 7. The summed E-state index contributed by atoms with van der Waals surface area (Å²) in [4.78, 5) is 25.3. The van der Waals surface area contributed by atoms with Crippen LogP contribution in [0.4, 0.5) is 5.69 Å². The molecule has 3 aliphatic rings. The molecule has 4 heterocycles. The molecule has 0 radical (unpaired) electrons. The zero-order valence-electron chi connectivity index (χ0n) is 20.8. The molecule has 2 aliphatic heterocycles. The molecular weight excluding hydrogens is 454 g/mol. The van der Waals surface area contributed by atoms with Gasteiger partial charge < -0.3 is 14.6 Å². The maximum Gasteiger partial charge on any atom is 0.274 e. The Labute approximate surface area is 211 Å². The van der Waals surface area contributed by atoms with Crippen molar-refractivity contribution < 1.29 is 9.53 Å². The van der Waals surface area contributed by atoms with Crippen LogP contribution < -0.4 is 5.32 Å². The first kappa shape index (κ1) is 23.2. The fourth-order valence-electron chi connectivity index (χ4n) is 5.20. The van der Waals surface area contributed by atoms with Crippen LogP contribution in [0.5, 0.6) is 0 Å². The Kier molecular flexibility index (Phi) is 6.27. The van der Waals surface area contributed by atoms with Crippen molar-refractivity contribution in [3.05, 3.63) is 65.3 Å². The average molecular weight is 488 g/mol. The van der Waals surface area contributed by atoms with Gasteiger partial charge in [0.05, 0.1) is 18.9 Å². The Hall–Kier alpha value is -3.17. The van der Waals surface area contributed by atoms with E-state index in [0.717, 1.165) is 67.5 Å². The topological polar surface area (TPSA) is 98.1 Å². The highest BCUT2D eigenvalue weighted by Gasteiger charge is 2.41. The number of nitrogens with one attached hydrogen (secondary N) is 1. The third-order valence-electron chi connectivity index (χ3n) is 7.60. The number of rotatable bonds is 8. The number of aryl methyl sites for hydroxylation is 1. The summed E-state index contributed by atoms with van der Waals surface area (Å²) in [6.45, 7) is 4.21. The minimum absolute atomic E-state index is 0.169. The van der Waals surface area contributed by atoms with Gasteiger partial charge in [-0.1, -0.05) is 18.6 Å². The van der Waals surface area contributed by atoms with E-state index in [1.54, 1.807) is 6.33 Å². The second kappa shape index (κ2) is 9.71. The van der Waals surface area contributed by atoms with E-state index in [1.165, 1.54) is 19.3 Å². The van der Waals surface area contributed by atoms with Crippen molar-refractivity contribution in [2.75, 3.05) is 31.6 Å². The molecule has 36 heavy (non-hydrogen) atoms. The summed E-state index contributed by atoms with van der Waals surface area (Å²) in [5.74, 6) is 1.93. The first-order valence-corrected chi connectivity index (χ1v) is 13.0. The van der Waals surface area contributed by atoms with Crippen molar-refractivity contribution in [1.82, 2.24) is 29.6 Å². The third-order valence-corrected chi connectivity index (χ3v) is 7.60. The molecule has 0 atom stereocenters. The van der Waals surface area contributed by atoms with Gasteiger partial charge in [0.2, 0.25) is 0 Å². The predicted molar refractivity (Wildman–Crippen MR) is 135 cm³/mol. The molecule has 1 N–H and O–H groups in total. The molecule has 2 aromatic heterocycles. The van der Waals surface area contributed by atoms with Crippen molar-refractivity contribution in [2.45, 2.75) is 56.4 Å². The molecule has 188 valence electrons. The minimum Gasteiger partial charge on any atom is -0.379 e. The highest BCUT2D eigenvalue weighted by atomic mass is 16.5. The fraction of sp³-hybridized carbons (Fsp3) is 0.519. The van der Waals surface area contributed by atoms with E-state index in [-0.39, 0.29) is 11.3 Å². The summed E-state index contributed by atoms with van der Waals surface area (Å²) in [7, 11) is 1.95. The number of amides is 1. The molecule has 0 spiro atoms. The molecule has 9 nitrogen and oxygen atoms in total. The van der Waals surface area contributed by atoms with Gasteiger partial charge in [-0.15, -0.1) is 10.2 Å². The van der Waals surface area contributed by atoms with E-state index in [4.69, 9.17) is 9.72 Å². The number of nitrogens with zero attached hydrogens (tertiary/aromatic N) is 6. The van der Waals surface area contributed by atoms with Gasteiger partial charge in [0.25, 0.3) is 5.91 Å². The normalized spacial score (nSPS) is 19.6. The largest absolute Gasteiger partial charge is 0.379 e. The van der Waals surface area contributed by atoms with Crippen molar-refractivity contribution >= 4 is 11.6 Å². The molecule has 0 unspecified atom stereocenters. The molecule has 1 saturated carbocycles. The van der Waals surface area contributed by atoms with Crippen LogP contribution in [-0.4, -0.2) is 61.8 Å². The number of piperidine rings is 1. The number of benzene rings is 1. The number of hydrogen-bond donors (Lipinski definition) is 1. The van der Waals surface area contributed by atoms with Crippen LogP contribution in [0, 0.1) is 0 Å². The number of anilines is 1. The van der Waals surface area contributed by atoms with Gasteiger partial charge in [-0.05, 0) is 62.5 Å². The van der Waals surface area contributed by atoms with E-state index in [0.29, 0.717) is 24.8 Å². The lowest BCUT2D eigenvalue weighted by molar-refractivity contribution is -0.0610. The number of ether oxygens (including phenoxy) is 1. The molecule has 3 fully saturated rings. The van der Waals surface area contributed by atoms with E-state index < -0.39 is 0 Å². The van der Waals surface area contributed by atoms with Crippen LogP contribution in [0.15, 0.2) is 36.7 Å². The maximum atomic E-state index is 13.3. The quantitative estimate of drug-likeness (QED) is 0.521. The zero-order valence-corrected chi connectivity index (χ0v) is 20.8. The van der Waals surface area contributed by atoms with Crippen LogP contribution >= 0.6 is 0 Å². The van der Waals surface area contributed by atoms with Crippen molar-refractivity contribution in [2.24, 2.45) is 7.05 Å². The number of likely N-dealkylation sites (tertiary alicyclic amines) is 1. The van der Waals surface area contributed by atoms with Crippen molar-refractivity contribution in [3.8, 4) is 0 Å². The van der Waals surface area contributed by atoms with Gasteiger partial charge in [0.1, 0.15) is 23.7 Å². The van der Waals surface area contributed by atoms with E-state index in [2.05, 4.69) is 37.5 Å². The second-order valence-electron chi connectivity index (χ2n) is 10.6. The molecule has 6 rings (SSSR count).